The molecule has 0 radical (unpaired) electrons. The molecule has 2 aliphatic heterocycles. The second-order valence-electron chi connectivity index (χ2n) is 5.03. The highest BCUT2D eigenvalue weighted by Gasteiger charge is 2.37. The average molecular weight is 262 g/mol. The zero-order valence-corrected chi connectivity index (χ0v) is 11.0. The number of ether oxygens (including phenoxy) is 2. The SMILES string of the molecule is CC1C(CN)CC(=O)N1c1ccc2c(c1)OCCO2. The van der Waals surface area contributed by atoms with Crippen LogP contribution in [0, 0.1) is 5.92 Å². The number of carbonyl (C=O) groups excluding carboxylic acids is 1. The van der Waals surface area contributed by atoms with Gasteiger partial charge in [-0.25, -0.2) is 0 Å². The highest BCUT2D eigenvalue weighted by molar-refractivity contribution is 5.96. The fourth-order valence-corrected chi connectivity index (χ4v) is 2.77. The van der Waals surface area contributed by atoms with Gasteiger partial charge in [0, 0.05) is 30.1 Å². The smallest absolute Gasteiger partial charge is 0.227 e. The van der Waals surface area contributed by atoms with Crippen LogP contribution in [0.4, 0.5) is 5.69 Å². The molecule has 1 amide bonds. The Labute approximate surface area is 112 Å². The Hall–Kier alpha value is -1.75. The van der Waals surface area contributed by atoms with Crippen molar-refractivity contribution in [2.45, 2.75) is 19.4 Å². The lowest BCUT2D eigenvalue weighted by Gasteiger charge is -2.26. The quantitative estimate of drug-likeness (QED) is 0.868. The molecule has 2 N–H and O–H groups in total. The summed E-state index contributed by atoms with van der Waals surface area (Å²) in [5.41, 5.74) is 6.57. The van der Waals surface area contributed by atoms with Crippen molar-refractivity contribution in [2.24, 2.45) is 11.7 Å². The number of nitrogens with zero attached hydrogens (tertiary/aromatic N) is 1. The molecule has 0 aliphatic carbocycles. The molecule has 2 unspecified atom stereocenters. The number of nitrogens with two attached hydrogens (primary N) is 1. The molecule has 1 fully saturated rings. The van der Waals surface area contributed by atoms with Gasteiger partial charge in [-0.2, -0.15) is 0 Å². The van der Waals surface area contributed by atoms with E-state index < -0.39 is 0 Å². The Morgan fingerprint density at radius 2 is 2.05 bits per heavy atom. The number of fused-ring (bicyclic) bond motifs is 1. The third-order valence-electron chi connectivity index (χ3n) is 3.90. The van der Waals surface area contributed by atoms with Crippen LogP contribution < -0.4 is 20.1 Å². The van der Waals surface area contributed by atoms with E-state index >= 15 is 0 Å². The van der Waals surface area contributed by atoms with Gasteiger partial charge in [0.2, 0.25) is 5.91 Å². The minimum absolute atomic E-state index is 0.125. The summed E-state index contributed by atoms with van der Waals surface area (Å²) in [7, 11) is 0. The van der Waals surface area contributed by atoms with E-state index in [4.69, 9.17) is 15.2 Å². The third-order valence-corrected chi connectivity index (χ3v) is 3.90. The number of rotatable bonds is 2. The van der Waals surface area contributed by atoms with Crippen molar-refractivity contribution >= 4 is 11.6 Å². The van der Waals surface area contributed by atoms with Crippen LogP contribution in [-0.2, 0) is 4.79 Å². The van der Waals surface area contributed by atoms with Crippen molar-refractivity contribution in [1.82, 2.24) is 0 Å². The Balaban J connectivity index is 1.92. The lowest BCUT2D eigenvalue weighted by Crippen LogP contribution is -2.34. The van der Waals surface area contributed by atoms with Gasteiger partial charge in [0.1, 0.15) is 13.2 Å². The molecule has 0 spiro atoms. The Morgan fingerprint density at radius 1 is 1.32 bits per heavy atom. The molecule has 2 aliphatic rings. The fourth-order valence-electron chi connectivity index (χ4n) is 2.77. The first-order valence-corrected chi connectivity index (χ1v) is 6.62. The van der Waals surface area contributed by atoms with Crippen LogP contribution in [0.3, 0.4) is 0 Å². The van der Waals surface area contributed by atoms with Gasteiger partial charge < -0.3 is 20.1 Å². The first-order valence-electron chi connectivity index (χ1n) is 6.62. The highest BCUT2D eigenvalue weighted by atomic mass is 16.6. The maximum atomic E-state index is 12.1. The van der Waals surface area contributed by atoms with E-state index in [9.17, 15) is 4.79 Å². The van der Waals surface area contributed by atoms with E-state index in [1.165, 1.54) is 0 Å². The molecule has 0 bridgehead atoms. The molecule has 1 saturated heterocycles. The van der Waals surface area contributed by atoms with Gasteiger partial charge in [-0.15, -0.1) is 0 Å². The van der Waals surface area contributed by atoms with Crippen molar-refractivity contribution < 1.29 is 14.3 Å². The lowest BCUT2D eigenvalue weighted by atomic mass is 10.0. The van der Waals surface area contributed by atoms with Crippen LogP contribution >= 0.6 is 0 Å². The molecule has 0 saturated carbocycles. The minimum atomic E-state index is 0.125. The van der Waals surface area contributed by atoms with Crippen LogP contribution in [0.15, 0.2) is 18.2 Å². The van der Waals surface area contributed by atoms with Crippen molar-refractivity contribution in [2.75, 3.05) is 24.7 Å². The van der Waals surface area contributed by atoms with Gasteiger partial charge in [0.05, 0.1) is 0 Å². The van der Waals surface area contributed by atoms with E-state index in [1.807, 2.05) is 30.0 Å². The van der Waals surface area contributed by atoms with E-state index in [0.29, 0.717) is 31.9 Å². The zero-order valence-electron chi connectivity index (χ0n) is 11.0. The molecule has 102 valence electrons. The summed E-state index contributed by atoms with van der Waals surface area (Å²) in [6, 6.07) is 5.77. The predicted octanol–water partition coefficient (Wildman–Crippen LogP) is 1.16. The van der Waals surface area contributed by atoms with E-state index in [0.717, 1.165) is 11.4 Å². The normalized spacial score (nSPS) is 25.8. The molecule has 1 aromatic carbocycles. The molecular weight excluding hydrogens is 244 g/mol. The Bertz CT molecular complexity index is 503. The maximum absolute atomic E-state index is 12.1. The lowest BCUT2D eigenvalue weighted by molar-refractivity contribution is -0.117. The molecule has 2 atom stereocenters. The van der Waals surface area contributed by atoms with Gasteiger partial charge in [-0.3, -0.25) is 4.79 Å². The van der Waals surface area contributed by atoms with Crippen molar-refractivity contribution in [3.05, 3.63) is 18.2 Å². The van der Waals surface area contributed by atoms with Gasteiger partial charge in [0.15, 0.2) is 11.5 Å². The second kappa shape index (κ2) is 4.74. The summed E-state index contributed by atoms with van der Waals surface area (Å²) in [6.45, 7) is 3.69. The third kappa shape index (κ3) is 2.04. The number of carbonyl (C=O) groups is 1. The summed E-state index contributed by atoms with van der Waals surface area (Å²) in [6.07, 6.45) is 0.520. The number of hydrogen-bond donors (Lipinski definition) is 1. The largest absolute Gasteiger partial charge is 0.486 e. The standard InChI is InChI=1S/C14H18N2O3/c1-9-10(8-15)6-14(17)16(9)11-2-3-12-13(7-11)19-5-4-18-12/h2-3,7,9-10H,4-6,8,15H2,1H3. The first kappa shape index (κ1) is 12.3. The van der Waals surface area contributed by atoms with Gasteiger partial charge in [-0.05, 0) is 25.6 Å². The van der Waals surface area contributed by atoms with E-state index in [2.05, 4.69) is 0 Å². The number of amides is 1. The zero-order chi connectivity index (χ0) is 13.4. The van der Waals surface area contributed by atoms with Gasteiger partial charge >= 0.3 is 0 Å². The van der Waals surface area contributed by atoms with Crippen LogP contribution in [-0.4, -0.2) is 31.7 Å². The molecule has 2 heterocycles. The fraction of sp³-hybridized carbons (Fsp3) is 0.500. The summed E-state index contributed by atoms with van der Waals surface area (Å²) >= 11 is 0. The summed E-state index contributed by atoms with van der Waals surface area (Å²) in [5, 5.41) is 0. The Morgan fingerprint density at radius 3 is 2.74 bits per heavy atom. The molecule has 5 heteroatoms. The molecule has 19 heavy (non-hydrogen) atoms. The van der Waals surface area contributed by atoms with Crippen LogP contribution in [0.2, 0.25) is 0 Å². The van der Waals surface area contributed by atoms with Crippen LogP contribution in [0.25, 0.3) is 0 Å². The number of anilines is 1. The molecule has 5 nitrogen and oxygen atoms in total. The van der Waals surface area contributed by atoms with Crippen molar-refractivity contribution in [3.63, 3.8) is 0 Å². The summed E-state index contributed by atoms with van der Waals surface area (Å²) in [5.74, 6) is 1.80. The first-order chi connectivity index (χ1) is 9.20. The monoisotopic (exact) mass is 262 g/mol. The topological polar surface area (TPSA) is 64.8 Å². The summed E-state index contributed by atoms with van der Waals surface area (Å²) in [4.78, 5) is 13.9. The summed E-state index contributed by atoms with van der Waals surface area (Å²) < 4.78 is 11.0. The molecule has 3 rings (SSSR count). The van der Waals surface area contributed by atoms with Gasteiger partial charge in [0.25, 0.3) is 0 Å². The van der Waals surface area contributed by atoms with Crippen LogP contribution in [0.1, 0.15) is 13.3 Å². The van der Waals surface area contributed by atoms with E-state index in [1.54, 1.807) is 0 Å². The molecule has 0 aromatic heterocycles. The number of benzene rings is 1. The Kier molecular flexibility index (Phi) is 3.06. The molecular formula is C14H18N2O3. The van der Waals surface area contributed by atoms with Crippen LogP contribution in [0.5, 0.6) is 11.5 Å². The highest BCUT2D eigenvalue weighted by Crippen LogP contribution is 2.37. The van der Waals surface area contributed by atoms with Crippen molar-refractivity contribution in [3.8, 4) is 11.5 Å². The van der Waals surface area contributed by atoms with E-state index in [-0.39, 0.29) is 17.9 Å². The average Bonchev–Trinajstić information content (AvgIpc) is 2.73. The predicted molar refractivity (Wildman–Crippen MR) is 71.5 cm³/mol. The van der Waals surface area contributed by atoms with Crippen molar-refractivity contribution in [1.29, 1.82) is 0 Å². The maximum Gasteiger partial charge on any atom is 0.227 e. The van der Waals surface area contributed by atoms with Gasteiger partial charge in [-0.1, -0.05) is 0 Å². The second-order valence-corrected chi connectivity index (χ2v) is 5.03. The minimum Gasteiger partial charge on any atom is -0.486 e. The molecule has 1 aromatic rings. The number of hydrogen-bond acceptors (Lipinski definition) is 4.